The Balaban J connectivity index is 2.25. The maximum Gasteiger partial charge on any atom is 0.0621 e. The summed E-state index contributed by atoms with van der Waals surface area (Å²) in [5.41, 5.74) is 2.91. The van der Waals surface area contributed by atoms with Gasteiger partial charge in [-0.1, -0.05) is 20.8 Å². The van der Waals surface area contributed by atoms with Crippen LogP contribution >= 0.6 is 0 Å². The summed E-state index contributed by atoms with van der Waals surface area (Å²) in [6.45, 7) is 8.76. The molecular formula is C12H18N2. The van der Waals surface area contributed by atoms with E-state index in [4.69, 9.17) is 0 Å². The van der Waals surface area contributed by atoms with Gasteiger partial charge in [0.1, 0.15) is 0 Å². The van der Waals surface area contributed by atoms with Crippen molar-refractivity contribution in [3.63, 3.8) is 0 Å². The van der Waals surface area contributed by atoms with Crippen LogP contribution in [-0.2, 0) is 6.54 Å². The lowest BCUT2D eigenvalue weighted by molar-refractivity contribution is 0.431. The minimum atomic E-state index is 0.325. The maximum absolute atomic E-state index is 4.62. The third kappa shape index (κ3) is 1.89. The van der Waals surface area contributed by atoms with Crippen molar-refractivity contribution in [3.05, 3.63) is 24.0 Å². The Hall–Kier alpha value is -1.05. The molecular weight excluding hydrogens is 172 g/mol. The van der Waals surface area contributed by atoms with Crippen LogP contribution in [0.3, 0.4) is 0 Å². The summed E-state index contributed by atoms with van der Waals surface area (Å²) in [5, 5.41) is 0. The standard InChI is InChI=1S/C12H18N2/c1-12(2,3)9-10-11-5-4-7-14(11)8-6-13-10/h4-5,7H,6,8-9H2,1-3H3. The number of nitrogens with zero attached hydrogens (tertiary/aromatic N) is 2. The molecule has 0 amide bonds. The lowest BCUT2D eigenvalue weighted by Gasteiger charge is -2.23. The number of aromatic nitrogens is 1. The molecule has 2 heteroatoms. The van der Waals surface area contributed by atoms with E-state index in [-0.39, 0.29) is 0 Å². The van der Waals surface area contributed by atoms with Gasteiger partial charge in [-0.2, -0.15) is 0 Å². The highest BCUT2D eigenvalue weighted by Gasteiger charge is 2.19. The Bertz CT molecular complexity index is 353. The van der Waals surface area contributed by atoms with E-state index in [1.54, 1.807) is 0 Å². The molecule has 1 aliphatic rings. The molecule has 0 radical (unpaired) electrons. The summed E-state index contributed by atoms with van der Waals surface area (Å²) in [7, 11) is 0. The van der Waals surface area contributed by atoms with Gasteiger partial charge in [-0.25, -0.2) is 0 Å². The van der Waals surface area contributed by atoms with Crippen molar-refractivity contribution in [1.29, 1.82) is 0 Å². The number of aliphatic imine (C=N–C) groups is 1. The molecule has 0 aromatic carbocycles. The zero-order valence-electron chi connectivity index (χ0n) is 9.25. The van der Waals surface area contributed by atoms with Gasteiger partial charge in [-0.05, 0) is 24.0 Å². The normalized spacial score (nSPS) is 16.4. The quantitative estimate of drug-likeness (QED) is 0.648. The molecule has 2 rings (SSSR count). The van der Waals surface area contributed by atoms with Crippen LogP contribution in [0.1, 0.15) is 32.9 Å². The van der Waals surface area contributed by atoms with E-state index >= 15 is 0 Å². The van der Waals surface area contributed by atoms with E-state index in [0.717, 1.165) is 19.5 Å². The van der Waals surface area contributed by atoms with Gasteiger partial charge in [-0.3, -0.25) is 4.99 Å². The number of hydrogen-bond donors (Lipinski definition) is 0. The molecule has 0 spiro atoms. The van der Waals surface area contributed by atoms with Crippen LogP contribution in [0.4, 0.5) is 0 Å². The van der Waals surface area contributed by atoms with Gasteiger partial charge in [0.15, 0.2) is 0 Å². The van der Waals surface area contributed by atoms with E-state index in [1.165, 1.54) is 11.4 Å². The van der Waals surface area contributed by atoms with Crippen molar-refractivity contribution in [2.45, 2.75) is 33.7 Å². The first-order valence-corrected chi connectivity index (χ1v) is 5.25. The smallest absolute Gasteiger partial charge is 0.0621 e. The van der Waals surface area contributed by atoms with E-state index < -0.39 is 0 Å². The van der Waals surface area contributed by atoms with Crippen LogP contribution < -0.4 is 0 Å². The zero-order chi connectivity index (χ0) is 10.2. The summed E-state index contributed by atoms with van der Waals surface area (Å²) in [5.74, 6) is 0. The molecule has 1 aromatic heterocycles. The first-order valence-electron chi connectivity index (χ1n) is 5.25. The lowest BCUT2D eigenvalue weighted by atomic mass is 9.88. The van der Waals surface area contributed by atoms with Crippen LogP contribution in [-0.4, -0.2) is 16.8 Å². The van der Waals surface area contributed by atoms with Crippen molar-refractivity contribution < 1.29 is 0 Å². The Kier molecular flexibility index (Phi) is 2.22. The molecule has 1 aliphatic heterocycles. The van der Waals surface area contributed by atoms with Crippen LogP contribution in [0.15, 0.2) is 23.3 Å². The summed E-state index contributed by atoms with van der Waals surface area (Å²) in [6, 6.07) is 4.28. The first-order chi connectivity index (χ1) is 6.56. The third-order valence-corrected chi connectivity index (χ3v) is 2.47. The number of hydrogen-bond acceptors (Lipinski definition) is 1. The van der Waals surface area contributed by atoms with Gasteiger partial charge in [0.25, 0.3) is 0 Å². The third-order valence-electron chi connectivity index (χ3n) is 2.47. The first kappa shape index (κ1) is 9.50. The second kappa shape index (κ2) is 3.26. The molecule has 0 bridgehead atoms. The predicted octanol–water partition coefficient (Wildman–Crippen LogP) is 2.73. The van der Waals surface area contributed by atoms with Crippen molar-refractivity contribution in [2.75, 3.05) is 6.54 Å². The molecule has 1 aromatic rings. The highest BCUT2D eigenvalue weighted by Crippen LogP contribution is 2.23. The Morgan fingerprint density at radius 2 is 2.21 bits per heavy atom. The fraction of sp³-hybridized carbons (Fsp3) is 0.583. The molecule has 0 unspecified atom stereocenters. The Morgan fingerprint density at radius 3 is 2.93 bits per heavy atom. The second-order valence-electron chi connectivity index (χ2n) is 5.15. The van der Waals surface area contributed by atoms with Crippen LogP contribution in [0, 0.1) is 5.41 Å². The van der Waals surface area contributed by atoms with Crippen molar-refractivity contribution in [2.24, 2.45) is 10.4 Å². The minimum absolute atomic E-state index is 0.325. The second-order valence-corrected chi connectivity index (χ2v) is 5.15. The SMILES string of the molecule is CC(C)(C)CC1=NCCn2cccc21. The molecule has 76 valence electrons. The van der Waals surface area contributed by atoms with Crippen molar-refractivity contribution in [3.8, 4) is 0 Å². The van der Waals surface area contributed by atoms with Crippen LogP contribution in [0.2, 0.25) is 0 Å². The number of fused-ring (bicyclic) bond motifs is 1. The topological polar surface area (TPSA) is 17.3 Å². The highest BCUT2D eigenvalue weighted by molar-refractivity contribution is 6.00. The van der Waals surface area contributed by atoms with Gasteiger partial charge < -0.3 is 4.57 Å². The predicted molar refractivity (Wildman–Crippen MR) is 59.9 cm³/mol. The van der Waals surface area contributed by atoms with Crippen LogP contribution in [0.25, 0.3) is 0 Å². The summed E-state index contributed by atoms with van der Waals surface area (Å²) >= 11 is 0. The van der Waals surface area contributed by atoms with E-state index in [9.17, 15) is 0 Å². The molecule has 2 heterocycles. The zero-order valence-corrected chi connectivity index (χ0v) is 9.25. The van der Waals surface area contributed by atoms with E-state index in [0.29, 0.717) is 5.41 Å². The molecule has 0 N–H and O–H groups in total. The molecule has 0 fully saturated rings. The fourth-order valence-electron chi connectivity index (χ4n) is 1.89. The highest BCUT2D eigenvalue weighted by atomic mass is 15.0. The molecule has 14 heavy (non-hydrogen) atoms. The van der Waals surface area contributed by atoms with E-state index in [2.05, 4.69) is 48.7 Å². The molecule has 2 nitrogen and oxygen atoms in total. The van der Waals surface area contributed by atoms with Gasteiger partial charge in [0, 0.05) is 12.7 Å². The molecule has 0 atom stereocenters. The largest absolute Gasteiger partial charge is 0.345 e. The molecule has 0 aliphatic carbocycles. The lowest BCUT2D eigenvalue weighted by Crippen LogP contribution is -2.22. The Labute approximate surface area is 85.7 Å². The minimum Gasteiger partial charge on any atom is -0.345 e. The number of rotatable bonds is 1. The van der Waals surface area contributed by atoms with Gasteiger partial charge in [0.05, 0.1) is 18.0 Å². The summed E-state index contributed by atoms with van der Waals surface area (Å²) in [6.07, 6.45) is 3.21. The van der Waals surface area contributed by atoms with Gasteiger partial charge in [0.2, 0.25) is 0 Å². The van der Waals surface area contributed by atoms with Crippen molar-refractivity contribution in [1.82, 2.24) is 4.57 Å². The Morgan fingerprint density at radius 1 is 1.43 bits per heavy atom. The van der Waals surface area contributed by atoms with Crippen molar-refractivity contribution >= 4 is 5.71 Å². The monoisotopic (exact) mass is 190 g/mol. The summed E-state index contributed by atoms with van der Waals surface area (Å²) < 4.78 is 2.30. The molecule has 0 saturated carbocycles. The average molecular weight is 190 g/mol. The average Bonchev–Trinajstić information content (AvgIpc) is 2.49. The fourth-order valence-corrected chi connectivity index (χ4v) is 1.89. The van der Waals surface area contributed by atoms with Crippen LogP contribution in [0.5, 0.6) is 0 Å². The van der Waals surface area contributed by atoms with Gasteiger partial charge >= 0.3 is 0 Å². The maximum atomic E-state index is 4.62. The van der Waals surface area contributed by atoms with Gasteiger partial charge in [-0.15, -0.1) is 0 Å². The van der Waals surface area contributed by atoms with E-state index in [1.807, 2.05) is 0 Å². The summed E-state index contributed by atoms with van der Waals surface area (Å²) in [4.78, 5) is 4.62. The molecule has 0 saturated heterocycles.